The van der Waals surface area contributed by atoms with Crippen molar-refractivity contribution >= 4 is 17.6 Å². The van der Waals surface area contributed by atoms with Crippen molar-refractivity contribution in [3.05, 3.63) is 59.4 Å². The van der Waals surface area contributed by atoms with Gasteiger partial charge in [0.15, 0.2) is 6.04 Å². The highest BCUT2D eigenvalue weighted by Gasteiger charge is 2.76. The fourth-order valence-corrected chi connectivity index (χ4v) is 6.60. The fraction of sp³-hybridized carbons (Fsp3) is 0.519. The predicted octanol–water partition coefficient (Wildman–Crippen LogP) is 4.80. The maximum Gasteiger partial charge on any atom is 0.414 e. The molecule has 4 aliphatic rings. The molecule has 1 amide bonds. The number of methoxy groups -OCH3 is 1. The van der Waals surface area contributed by atoms with Crippen molar-refractivity contribution in [2.24, 2.45) is 10.8 Å². The van der Waals surface area contributed by atoms with Crippen LogP contribution < -0.4 is 5.32 Å². The third-order valence-corrected chi connectivity index (χ3v) is 8.53. The van der Waals surface area contributed by atoms with Crippen LogP contribution in [0.15, 0.2) is 42.6 Å². The minimum Gasteiger partial charge on any atom is -0.469 e. The highest BCUT2D eigenvalue weighted by atomic mass is 19.4. The van der Waals surface area contributed by atoms with E-state index >= 15 is 0 Å². The van der Waals surface area contributed by atoms with Gasteiger partial charge in [0, 0.05) is 18.5 Å². The van der Waals surface area contributed by atoms with Crippen LogP contribution in [0.1, 0.15) is 56.0 Å². The maximum atomic E-state index is 14.2. The lowest BCUT2D eigenvalue weighted by atomic mass is 9.34. The first kappa shape index (κ1) is 24.6. The zero-order chi connectivity index (χ0) is 26.1. The SMILES string of the molecule is COC(=O)C12CC(C(=O)N(C)C(c3ccc(N[C@@H]4Cc5ccccc5C4(C)C)cn3)C(F)(F)F)(C1)C2. The normalized spacial score (nSPS) is 28.2. The zero-order valence-corrected chi connectivity index (χ0v) is 20.8. The van der Waals surface area contributed by atoms with Crippen molar-refractivity contribution < 1.29 is 27.5 Å². The number of carbonyl (C=O) groups excluding carboxylic acids is 2. The lowest BCUT2D eigenvalue weighted by Crippen LogP contribution is -2.71. The lowest BCUT2D eigenvalue weighted by Gasteiger charge is -2.67. The first-order valence-corrected chi connectivity index (χ1v) is 12.1. The quantitative estimate of drug-likeness (QED) is 0.576. The second-order valence-corrected chi connectivity index (χ2v) is 11.2. The largest absolute Gasteiger partial charge is 0.469 e. The number of hydrogen-bond acceptors (Lipinski definition) is 5. The molecule has 2 atom stereocenters. The Bertz CT molecular complexity index is 1190. The Morgan fingerprint density at radius 1 is 1.11 bits per heavy atom. The molecule has 1 aromatic carbocycles. The number of benzene rings is 1. The van der Waals surface area contributed by atoms with Crippen molar-refractivity contribution in [1.82, 2.24) is 9.88 Å². The number of halogens is 3. The van der Waals surface area contributed by atoms with Crippen LogP contribution in [-0.2, 0) is 26.2 Å². The number of nitrogens with zero attached hydrogens (tertiary/aromatic N) is 2. The number of hydrogen-bond donors (Lipinski definition) is 1. The molecule has 3 fully saturated rings. The maximum absolute atomic E-state index is 14.2. The Balaban J connectivity index is 1.31. The van der Waals surface area contributed by atoms with Crippen LogP contribution >= 0.6 is 0 Å². The summed E-state index contributed by atoms with van der Waals surface area (Å²) >= 11 is 0. The zero-order valence-electron chi connectivity index (χ0n) is 20.8. The molecule has 2 aromatic rings. The van der Waals surface area contributed by atoms with Gasteiger partial charge in [-0.2, -0.15) is 13.2 Å². The Labute approximate surface area is 208 Å². The molecular weight excluding hydrogens is 471 g/mol. The third kappa shape index (κ3) is 3.58. The van der Waals surface area contributed by atoms with E-state index in [1.165, 1.54) is 30.5 Å². The second kappa shape index (κ2) is 7.95. The van der Waals surface area contributed by atoms with Crippen molar-refractivity contribution in [2.75, 3.05) is 19.5 Å². The van der Waals surface area contributed by atoms with Crippen LogP contribution in [0.3, 0.4) is 0 Å². The molecule has 2 bridgehead atoms. The number of nitrogens with one attached hydrogen (secondary N) is 1. The highest BCUT2D eigenvalue weighted by Crippen LogP contribution is 2.74. The van der Waals surface area contributed by atoms with Gasteiger partial charge in [0.05, 0.1) is 35.5 Å². The van der Waals surface area contributed by atoms with E-state index in [4.69, 9.17) is 4.74 Å². The first-order valence-electron chi connectivity index (χ1n) is 12.1. The smallest absolute Gasteiger partial charge is 0.414 e. The minimum absolute atomic E-state index is 0.0663. The molecule has 4 aliphatic carbocycles. The molecule has 1 unspecified atom stereocenters. The molecule has 192 valence electrons. The number of pyridine rings is 1. The summed E-state index contributed by atoms with van der Waals surface area (Å²) in [6.45, 7) is 4.29. The van der Waals surface area contributed by atoms with Crippen molar-refractivity contribution in [3.8, 4) is 0 Å². The summed E-state index contributed by atoms with van der Waals surface area (Å²) in [4.78, 5) is 29.9. The Kier molecular flexibility index (Phi) is 5.43. The molecule has 1 heterocycles. The predicted molar refractivity (Wildman–Crippen MR) is 127 cm³/mol. The van der Waals surface area contributed by atoms with E-state index in [1.807, 2.05) is 12.1 Å². The Morgan fingerprint density at radius 3 is 2.33 bits per heavy atom. The number of ether oxygens (including phenoxy) is 1. The molecule has 6 rings (SSSR count). The van der Waals surface area contributed by atoms with Crippen LogP contribution in [0.5, 0.6) is 0 Å². The van der Waals surface area contributed by atoms with Gasteiger partial charge in [0.2, 0.25) is 5.91 Å². The fourth-order valence-electron chi connectivity index (χ4n) is 6.60. The molecule has 0 radical (unpaired) electrons. The molecule has 1 aromatic heterocycles. The number of fused-ring (bicyclic) bond motifs is 1. The number of alkyl halides is 3. The average molecular weight is 502 g/mol. The highest BCUT2D eigenvalue weighted by molar-refractivity contribution is 5.94. The summed E-state index contributed by atoms with van der Waals surface area (Å²) < 4.78 is 47.2. The van der Waals surface area contributed by atoms with Crippen molar-refractivity contribution in [1.29, 1.82) is 0 Å². The Hall–Kier alpha value is -3.10. The number of esters is 1. The van der Waals surface area contributed by atoms with Gasteiger partial charge < -0.3 is 15.0 Å². The van der Waals surface area contributed by atoms with Gasteiger partial charge in [-0.25, -0.2) is 0 Å². The average Bonchev–Trinajstić information content (AvgIpc) is 3.02. The number of rotatable bonds is 6. The van der Waals surface area contributed by atoms with E-state index in [0.29, 0.717) is 5.69 Å². The monoisotopic (exact) mass is 501 g/mol. The van der Waals surface area contributed by atoms with E-state index in [0.717, 1.165) is 18.4 Å². The number of aromatic nitrogens is 1. The Morgan fingerprint density at radius 2 is 1.78 bits per heavy atom. The van der Waals surface area contributed by atoms with Gasteiger partial charge in [0.25, 0.3) is 0 Å². The van der Waals surface area contributed by atoms with E-state index in [-0.39, 0.29) is 36.4 Å². The van der Waals surface area contributed by atoms with E-state index < -0.39 is 34.9 Å². The first-order chi connectivity index (χ1) is 16.8. The van der Waals surface area contributed by atoms with Crippen LogP contribution in [0.25, 0.3) is 0 Å². The summed E-state index contributed by atoms with van der Waals surface area (Å²) in [6, 6.07) is 9.04. The van der Waals surface area contributed by atoms with E-state index in [1.54, 1.807) is 6.07 Å². The number of carbonyl (C=O) groups is 2. The van der Waals surface area contributed by atoms with Gasteiger partial charge in [-0.1, -0.05) is 38.1 Å². The molecule has 9 heteroatoms. The molecule has 36 heavy (non-hydrogen) atoms. The van der Waals surface area contributed by atoms with Gasteiger partial charge >= 0.3 is 12.1 Å². The summed E-state index contributed by atoms with van der Waals surface area (Å²) in [5.74, 6) is -1.00. The van der Waals surface area contributed by atoms with Crippen LogP contribution in [-0.4, -0.2) is 48.1 Å². The van der Waals surface area contributed by atoms with Crippen LogP contribution in [0.4, 0.5) is 18.9 Å². The molecular formula is C27H30F3N3O3. The number of anilines is 1. The van der Waals surface area contributed by atoms with E-state index in [9.17, 15) is 22.8 Å². The summed E-state index contributed by atoms with van der Waals surface area (Å²) in [5, 5.41) is 3.44. The molecule has 0 aliphatic heterocycles. The van der Waals surface area contributed by atoms with Gasteiger partial charge in [-0.05, 0) is 48.9 Å². The minimum atomic E-state index is -4.70. The molecule has 0 spiro atoms. The molecule has 1 N–H and O–H groups in total. The topological polar surface area (TPSA) is 71.5 Å². The van der Waals surface area contributed by atoms with Crippen molar-refractivity contribution in [2.45, 2.75) is 63.2 Å². The summed E-state index contributed by atoms with van der Waals surface area (Å²) in [7, 11) is 2.44. The standard InChI is InChI=1S/C27H30F3N3O3/c1-24(2)18-8-6-5-7-16(18)11-20(24)32-17-9-10-19(31-12-17)21(27(28,29)30)33(3)22(34)25-13-26(14-25,15-25)23(35)36-4/h5-10,12,20-21,32H,11,13-15H2,1-4H3/t20-,21?,25?,26?/m1/s1. The lowest BCUT2D eigenvalue weighted by molar-refractivity contribution is -0.237. The van der Waals surface area contributed by atoms with Crippen molar-refractivity contribution in [3.63, 3.8) is 0 Å². The number of amides is 1. The van der Waals surface area contributed by atoms with E-state index in [2.05, 4.69) is 36.3 Å². The molecule has 6 nitrogen and oxygen atoms in total. The van der Waals surface area contributed by atoms with Gasteiger partial charge in [-0.15, -0.1) is 0 Å². The van der Waals surface area contributed by atoms with Gasteiger partial charge in [-0.3, -0.25) is 14.6 Å². The molecule has 0 saturated heterocycles. The summed E-state index contributed by atoms with van der Waals surface area (Å²) in [5.41, 5.74) is 1.11. The molecule has 3 saturated carbocycles. The third-order valence-electron chi connectivity index (χ3n) is 8.53. The summed E-state index contributed by atoms with van der Waals surface area (Å²) in [6.07, 6.45) is -1.80. The van der Waals surface area contributed by atoms with Crippen LogP contribution in [0.2, 0.25) is 0 Å². The van der Waals surface area contributed by atoms with Crippen LogP contribution in [0, 0.1) is 10.8 Å². The second-order valence-electron chi connectivity index (χ2n) is 11.2. The van der Waals surface area contributed by atoms with Gasteiger partial charge in [0.1, 0.15) is 0 Å².